The van der Waals surface area contributed by atoms with Crippen LogP contribution in [0.5, 0.6) is 0 Å². The highest BCUT2D eigenvalue weighted by molar-refractivity contribution is 7.99. The Bertz CT molecular complexity index is 656. The molecule has 0 radical (unpaired) electrons. The highest BCUT2D eigenvalue weighted by atomic mass is 32.2. The molecule has 0 aliphatic rings. The van der Waals surface area contributed by atoms with E-state index in [1.54, 1.807) is 19.1 Å². The van der Waals surface area contributed by atoms with Crippen molar-refractivity contribution in [1.29, 1.82) is 0 Å². The number of amides is 1. The Labute approximate surface area is 139 Å². The molecule has 0 aromatic carbocycles. The summed E-state index contributed by atoms with van der Waals surface area (Å²) in [7, 11) is 0. The van der Waals surface area contributed by atoms with E-state index in [-0.39, 0.29) is 12.5 Å². The molecule has 0 aliphatic heterocycles. The van der Waals surface area contributed by atoms with E-state index in [9.17, 15) is 9.90 Å². The smallest absolute Gasteiger partial charge is 0.230 e. The monoisotopic (exact) mass is 338 g/mol. The molecule has 0 aliphatic carbocycles. The summed E-state index contributed by atoms with van der Waals surface area (Å²) in [5, 5.41) is 17.0. The fourth-order valence-electron chi connectivity index (χ4n) is 2.09. The number of rotatable bonds is 7. The molecule has 2 heterocycles. The van der Waals surface area contributed by atoms with Gasteiger partial charge in [-0.25, -0.2) is 0 Å². The van der Waals surface area contributed by atoms with Crippen LogP contribution in [0.4, 0.5) is 0 Å². The Morgan fingerprint density at radius 2 is 2.13 bits per heavy atom. The lowest BCUT2D eigenvalue weighted by Crippen LogP contribution is -2.39. The third-order valence-corrected chi connectivity index (χ3v) is 4.52. The second-order valence-electron chi connectivity index (χ2n) is 5.76. The Morgan fingerprint density at radius 1 is 1.39 bits per heavy atom. The van der Waals surface area contributed by atoms with Gasteiger partial charge in [0.2, 0.25) is 5.91 Å². The largest absolute Gasteiger partial charge is 0.463 e. The van der Waals surface area contributed by atoms with Gasteiger partial charge in [0.1, 0.15) is 22.9 Å². The van der Waals surface area contributed by atoms with Crippen molar-refractivity contribution in [3.8, 4) is 0 Å². The summed E-state index contributed by atoms with van der Waals surface area (Å²) in [6, 6.07) is 3.50. The molecule has 2 rings (SSSR count). The summed E-state index contributed by atoms with van der Waals surface area (Å²) < 4.78 is 10.5. The van der Waals surface area contributed by atoms with Gasteiger partial charge < -0.3 is 19.4 Å². The predicted molar refractivity (Wildman–Crippen MR) is 88.2 cm³/mol. The molecule has 2 N–H and O–H groups in total. The Morgan fingerprint density at radius 3 is 2.70 bits per heavy atom. The molecule has 2 aromatic heterocycles. The number of hydrogen-bond acceptors (Lipinski definition) is 6. The molecule has 6 nitrogen and oxygen atoms in total. The number of hydrogen-bond donors (Lipinski definition) is 2. The van der Waals surface area contributed by atoms with Crippen LogP contribution in [0.1, 0.15) is 35.5 Å². The van der Waals surface area contributed by atoms with Gasteiger partial charge in [0.15, 0.2) is 0 Å². The van der Waals surface area contributed by atoms with E-state index < -0.39 is 5.60 Å². The van der Waals surface area contributed by atoms with Gasteiger partial charge in [-0.2, -0.15) is 0 Å². The zero-order valence-corrected chi connectivity index (χ0v) is 14.6. The predicted octanol–water partition coefficient (Wildman–Crippen LogP) is 2.45. The van der Waals surface area contributed by atoms with E-state index in [2.05, 4.69) is 10.5 Å². The second-order valence-corrected chi connectivity index (χ2v) is 6.74. The van der Waals surface area contributed by atoms with Crippen molar-refractivity contribution in [3.63, 3.8) is 0 Å². The first-order chi connectivity index (χ1) is 10.8. The number of aryl methyl sites for hydroxylation is 3. The fourth-order valence-corrected chi connectivity index (χ4v) is 3.09. The summed E-state index contributed by atoms with van der Waals surface area (Å²) in [5.41, 5.74) is 0.656. The minimum Gasteiger partial charge on any atom is -0.463 e. The SMILES string of the molecule is Cc1ccc(C(C)(O)CNC(=O)CSCc2c(C)noc2C)o1. The molecule has 2 aromatic rings. The maximum atomic E-state index is 11.9. The molecule has 0 spiro atoms. The number of carbonyl (C=O) groups is 1. The van der Waals surface area contributed by atoms with Crippen LogP contribution in [0.25, 0.3) is 0 Å². The van der Waals surface area contributed by atoms with Gasteiger partial charge in [0.05, 0.1) is 18.0 Å². The number of furan rings is 1. The number of nitrogens with one attached hydrogen (secondary N) is 1. The summed E-state index contributed by atoms with van der Waals surface area (Å²) in [5.74, 6) is 2.79. The first kappa shape index (κ1) is 17.6. The molecular weight excluding hydrogens is 316 g/mol. The number of nitrogens with zero attached hydrogens (tertiary/aromatic N) is 1. The number of carbonyl (C=O) groups excluding carboxylic acids is 1. The van der Waals surface area contributed by atoms with E-state index >= 15 is 0 Å². The number of aliphatic hydroxyl groups is 1. The lowest BCUT2D eigenvalue weighted by Gasteiger charge is -2.21. The van der Waals surface area contributed by atoms with E-state index in [1.807, 2.05) is 20.8 Å². The highest BCUT2D eigenvalue weighted by Crippen LogP contribution is 2.22. The van der Waals surface area contributed by atoms with Gasteiger partial charge >= 0.3 is 0 Å². The van der Waals surface area contributed by atoms with Crippen molar-refractivity contribution in [1.82, 2.24) is 10.5 Å². The van der Waals surface area contributed by atoms with Crippen molar-refractivity contribution < 1.29 is 18.8 Å². The van der Waals surface area contributed by atoms with Crippen molar-refractivity contribution in [2.45, 2.75) is 39.0 Å². The summed E-state index contributed by atoms with van der Waals surface area (Å²) in [6.07, 6.45) is 0. The molecule has 1 atom stereocenters. The zero-order valence-electron chi connectivity index (χ0n) is 13.8. The van der Waals surface area contributed by atoms with Gasteiger partial charge in [-0.05, 0) is 39.8 Å². The van der Waals surface area contributed by atoms with E-state index in [0.29, 0.717) is 17.3 Å². The molecule has 0 fully saturated rings. The average Bonchev–Trinajstić information content (AvgIpc) is 3.06. The summed E-state index contributed by atoms with van der Waals surface area (Å²) in [6.45, 7) is 7.27. The van der Waals surface area contributed by atoms with Gasteiger partial charge in [0, 0.05) is 11.3 Å². The van der Waals surface area contributed by atoms with Gasteiger partial charge in [-0.1, -0.05) is 5.16 Å². The Balaban J connectivity index is 1.77. The van der Waals surface area contributed by atoms with Crippen LogP contribution in [-0.2, 0) is 16.1 Å². The molecule has 0 bridgehead atoms. The Hall–Kier alpha value is -1.73. The van der Waals surface area contributed by atoms with Gasteiger partial charge in [-0.15, -0.1) is 11.8 Å². The third kappa shape index (κ3) is 4.62. The van der Waals surface area contributed by atoms with E-state index in [0.717, 1.165) is 22.8 Å². The lowest BCUT2D eigenvalue weighted by molar-refractivity contribution is -0.119. The van der Waals surface area contributed by atoms with Gasteiger partial charge in [-0.3, -0.25) is 4.79 Å². The molecule has 0 saturated carbocycles. The molecule has 7 heteroatoms. The van der Waals surface area contributed by atoms with E-state index in [4.69, 9.17) is 8.94 Å². The minimum atomic E-state index is -1.23. The normalized spacial score (nSPS) is 13.8. The van der Waals surface area contributed by atoms with Crippen LogP contribution >= 0.6 is 11.8 Å². The molecule has 126 valence electrons. The average molecular weight is 338 g/mol. The van der Waals surface area contributed by atoms with Crippen LogP contribution in [0.15, 0.2) is 21.1 Å². The summed E-state index contributed by atoms with van der Waals surface area (Å²) >= 11 is 1.48. The summed E-state index contributed by atoms with van der Waals surface area (Å²) in [4.78, 5) is 11.9. The van der Waals surface area contributed by atoms with Crippen LogP contribution in [0.3, 0.4) is 0 Å². The van der Waals surface area contributed by atoms with Crippen LogP contribution in [0.2, 0.25) is 0 Å². The third-order valence-electron chi connectivity index (χ3n) is 3.56. The molecule has 1 unspecified atom stereocenters. The standard InChI is InChI=1S/C16H22N2O4S/c1-10-5-6-14(21-10)16(4,20)9-17-15(19)8-23-7-13-11(2)18-22-12(13)3/h5-6,20H,7-9H2,1-4H3,(H,17,19). The fraction of sp³-hybridized carbons (Fsp3) is 0.500. The molecule has 0 saturated heterocycles. The molecule has 1 amide bonds. The van der Waals surface area contributed by atoms with Crippen molar-refractivity contribution in [2.24, 2.45) is 0 Å². The molecule has 23 heavy (non-hydrogen) atoms. The first-order valence-corrected chi connectivity index (χ1v) is 8.50. The number of aromatic nitrogens is 1. The highest BCUT2D eigenvalue weighted by Gasteiger charge is 2.27. The van der Waals surface area contributed by atoms with Crippen molar-refractivity contribution >= 4 is 17.7 Å². The second kappa shape index (κ2) is 7.23. The lowest BCUT2D eigenvalue weighted by atomic mass is 10.0. The minimum absolute atomic E-state index is 0.102. The Kier molecular flexibility index (Phi) is 5.54. The topological polar surface area (TPSA) is 88.5 Å². The van der Waals surface area contributed by atoms with Crippen molar-refractivity contribution in [2.75, 3.05) is 12.3 Å². The zero-order chi connectivity index (χ0) is 17.0. The van der Waals surface area contributed by atoms with Crippen molar-refractivity contribution in [3.05, 3.63) is 40.7 Å². The number of thioether (sulfide) groups is 1. The van der Waals surface area contributed by atoms with Crippen LogP contribution in [-0.4, -0.2) is 28.5 Å². The maximum Gasteiger partial charge on any atom is 0.230 e. The van der Waals surface area contributed by atoms with E-state index in [1.165, 1.54) is 11.8 Å². The molecular formula is C16H22N2O4S. The maximum absolute atomic E-state index is 11.9. The van der Waals surface area contributed by atoms with Crippen LogP contribution in [0, 0.1) is 20.8 Å². The first-order valence-electron chi connectivity index (χ1n) is 7.35. The quantitative estimate of drug-likeness (QED) is 0.806. The van der Waals surface area contributed by atoms with Crippen LogP contribution < -0.4 is 5.32 Å². The van der Waals surface area contributed by atoms with Gasteiger partial charge in [0.25, 0.3) is 0 Å².